The number of hydrogen-bond acceptors (Lipinski definition) is 6. The van der Waals surface area contributed by atoms with E-state index in [1.165, 1.54) is 13.0 Å². The van der Waals surface area contributed by atoms with Gasteiger partial charge < -0.3 is 5.11 Å². The number of nitrogens with zero attached hydrogens (tertiary/aromatic N) is 2. The third-order valence-corrected chi connectivity index (χ3v) is 3.46. The number of nitro groups is 2. The lowest BCUT2D eigenvalue weighted by Gasteiger charge is -2.37. The molecule has 0 aromatic carbocycles. The van der Waals surface area contributed by atoms with Crippen molar-refractivity contribution in [2.75, 3.05) is 6.61 Å². The first kappa shape index (κ1) is 16.3. The molecule has 2 atom stereocenters. The standard InChI is InChI=1S/C12H19N3O5/c1-7-5-8(6-16)12(13,15(19)20)10(11(2,3)4)9(7)14(17)18/h5,8,16H,6,13H2,1-4H3. The highest BCUT2D eigenvalue weighted by molar-refractivity contribution is 5.42. The molecule has 8 nitrogen and oxygen atoms in total. The predicted molar refractivity (Wildman–Crippen MR) is 71.7 cm³/mol. The fraction of sp³-hybridized carbons (Fsp3) is 0.667. The van der Waals surface area contributed by atoms with Crippen molar-refractivity contribution >= 4 is 0 Å². The number of aliphatic hydroxyl groups is 1. The number of nitrogens with two attached hydrogens (primary N) is 1. The summed E-state index contributed by atoms with van der Waals surface area (Å²) in [7, 11) is 0. The Labute approximate surface area is 116 Å². The Hall–Kier alpha value is -1.80. The van der Waals surface area contributed by atoms with E-state index >= 15 is 0 Å². The van der Waals surface area contributed by atoms with E-state index in [0.717, 1.165) is 0 Å². The maximum absolute atomic E-state index is 11.5. The Balaban J connectivity index is 3.79. The Morgan fingerprint density at radius 1 is 1.40 bits per heavy atom. The maximum atomic E-state index is 11.5. The minimum absolute atomic E-state index is 0.0703. The van der Waals surface area contributed by atoms with E-state index in [0.29, 0.717) is 0 Å². The molecule has 3 N–H and O–H groups in total. The molecule has 1 aliphatic carbocycles. The molecule has 20 heavy (non-hydrogen) atoms. The first-order valence-corrected chi connectivity index (χ1v) is 6.10. The van der Waals surface area contributed by atoms with Crippen LogP contribution < -0.4 is 5.73 Å². The molecule has 0 spiro atoms. The van der Waals surface area contributed by atoms with Gasteiger partial charge in [0.15, 0.2) is 0 Å². The zero-order valence-electron chi connectivity index (χ0n) is 11.9. The van der Waals surface area contributed by atoms with E-state index in [4.69, 9.17) is 5.73 Å². The van der Waals surface area contributed by atoms with E-state index in [9.17, 15) is 25.3 Å². The third kappa shape index (κ3) is 2.32. The van der Waals surface area contributed by atoms with E-state index in [2.05, 4.69) is 0 Å². The van der Waals surface area contributed by atoms with Crippen LogP contribution in [-0.2, 0) is 0 Å². The molecule has 0 aliphatic heterocycles. The molecule has 1 rings (SSSR count). The molecule has 8 heteroatoms. The second-order valence-electron chi connectivity index (χ2n) is 5.95. The van der Waals surface area contributed by atoms with Gasteiger partial charge in [-0.05, 0) is 12.3 Å². The number of aliphatic hydroxyl groups excluding tert-OH is 1. The Bertz CT molecular complexity index is 518. The van der Waals surface area contributed by atoms with E-state index in [1.807, 2.05) is 0 Å². The summed E-state index contributed by atoms with van der Waals surface area (Å²) in [4.78, 5) is 21.4. The Morgan fingerprint density at radius 3 is 2.20 bits per heavy atom. The summed E-state index contributed by atoms with van der Waals surface area (Å²) in [6.07, 6.45) is 1.30. The molecular weight excluding hydrogens is 266 g/mol. The normalized spacial score (nSPS) is 27.3. The zero-order chi connectivity index (χ0) is 15.9. The van der Waals surface area contributed by atoms with E-state index in [1.54, 1.807) is 20.8 Å². The molecule has 0 radical (unpaired) electrons. The average molecular weight is 285 g/mol. The summed E-state index contributed by atoms with van der Waals surface area (Å²) in [6.45, 7) is 5.82. The molecule has 1 aliphatic rings. The average Bonchev–Trinajstić information content (AvgIpc) is 2.28. The van der Waals surface area contributed by atoms with Gasteiger partial charge in [-0.1, -0.05) is 26.8 Å². The SMILES string of the molecule is CC1=CC(CO)C(N)([N+](=O)[O-])C(C(C)(C)C)=C1[N+](=O)[O-]. The largest absolute Gasteiger partial charge is 0.395 e. The van der Waals surface area contributed by atoms with Gasteiger partial charge in [-0.15, -0.1) is 0 Å². The van der Waals surface area contributed by atoms with Gasteiger partial charge in [-0.2, -0.15) is 0 Å². The minimum atomic E-state index is -2.19. The minimum Gasteiger partial charge on any atom is -0.395 e. The van der Waals surface area contributed by atoms with Crippen LogP contribution >= 0.6 is 0 Å². The fourth-order valence-corrected chi connectivity index (χ4v) is 2.69. The van der Waals surface area contributed by atoms with Crippen LogP contribution in [0.25, 0.3) is 0 Å². The quantitative estimate of drug-likeness (QED) is 0.452. The van der Waals surface area contributed by atoms with Crippen LogP contribution in [0.4, 0.5) is 0 Å². The van der Waals surface area contributed by atoms with Gasteiger partial charge in [-0.3, -0.25) is 26.0 Å². The van der Waals surface area contributed by atoms with Crippen molar-refractivity contribution in [3.8, 4) is 0 Å². The molecule has 0 bridgehead atoms. The van der Waals surface area contributed by atoms with Gasteiger partial charge >= 0.3 is 5.66 Å². The summed E-state index contributed by atoms with van der Waals surface area (Å²) in [5, 5.41) is 32.1. The lowest BCUT2D eigenvalue weighted by molar-refractivity contribution is -0.571. The zero-order valence-corrected chi connectivity index (χ0v) is 11.9. The van der Waals surface area contributed by atoms with Crippen LogP contribution in [0.15, 0.2) is 22.9 Å². The van der Waals surface area contributed by atoms with Crippen LogP contribution in [0.3, 0.4) is 0 Å². The van der Waals surface area contributed by atoms with Crippen molar-refractivity contribution in [1.82, 2.24) is 0 Å². The van der Waals surface area contributed by atoms with Crippen LogP contribution in [0.1, 0.15) is 27.7 Å². The second-order valence-corrected chi connectivity index (χ2v) is 5.95. The second kappa shape index (κ2) is 4.95. The van der Waals surface area contributed by atoms with Crippen LogP contribution in [-0.4, -0.2) is 27.2 Å². The predicted octanol–water partition coefficient (Wildman–Crippen LogP) is 1.06. The first-order valence-electron chi connectivity index (χ1n) is 6.10. The summed E-state index contributed by atoms with van der Waals surface area (Å²) >= 11 is 0. The fourth-order valence-electron chi connectivity index (χ4n) is 2.69. The summed E-state index contributed by atoms with van der Waals surface area (Å²) < 4.78 is 0. The monoisotopic (exact) mass is 285 g/mol. The number of rotatable bonds is 3. The summed E-state index contributed by atoms with van der Waals surface area (Å²) in [6, 6.07) is 0. The van der Waals surface area contributed by atoms with Crippen LogP contribution in [0, 0.1) is 31.6 Å². The van der Waals surface area contributed by atoms with Crippen molar-refractivity contribution < 1.29 is 15.0 Å². The molecule has 0 fully saturated rings. The highest BCUT2D eigenvalue weighted by atomic mass is 16.6. The van der Waals surface area contributed by atoms with Gasteiger partial charge in [0.2, 0.25) is 0 Å². The van der Waals surface area contributed by atoms with Crippen LogP contribution in [0.2, 0.25) is 0 Å². The van der Waals surface area contributed by atoms with Gasteiger partial charge in [0.25, 0.3) is 5.70 Å². The first-order chi connectivity index (χ1) is 8.97. The highest BCUT2D eigenvalue weighted by Crippen LogP contribution is 2.45. The Morgan fingerprint density at radius 2 is 1.90 bits per heavy atom. The van der Waals surface area contributed by atoms with Gasteiger partial charge in [-0.25, -0.2) is 0 Å². The summed E-state index contributed by atoms with van der Waals surface area (Å²) in [5.41, 5.74) is 2.72. The maximum Gasteiger partial charge on any atom is 0.310 e. The number of hydrogen-bond donors (Lipinski definition) is 2. The van der Waals surface area contributed by atoms with Crippen molar-refractivity contribution in [3.63, 3.8) is 0 Å². The van der Waals surface area contributed by atoms with Gasteiger partial charge in [0.05, 0.1) is 17.4 Å². The number of allylic oxidation sites excluding steroid dienone is 1. The van der Waals surface area contributed by atoms with Crippen molar-refractivity contribution in [2.24, 2.45) is 17.1 Å². The molecular formula is C12H19N3O5. The van der Waals surface area contributed by atoms with Crippen LogP contribution in [0.5, 0.6) is 0 Å². The molecule has 0 amide bonds. The summed E-state index contributed by atoms with van der Waals surface area (Å²) in [5.74, 6) is -1.00. The molecule has 0 saturated heterocycles. The van der Waals surface area contributed by atoms with E-state index < -0.39 is 33.4 Å². The Kier molecular flexibility index (Phi) is 4.02. The van der Waals surface area contributed by atoms with Crippen molar-refractivity contribution in [3.05, 3.63) is 43.1 Å². The van der Waals surface area contributed by atoms with Crippen molar-refractivity contribution in [2.45, 2.75) is 33.4 Å². The van der Waals surface area contributed by atoms with Crippen molar-refractivity contribution in [1.29, 1.82) is 0 Å². The van der Waals surface area contributed by atoms with Gasteiger partial charge in [0.1, 0.15) is 5.57 Å². The van der Waals surface area contributed by atoms with Gasteiger partial charge in [0, 0.05) is 10.5 Å². The molecule has 112 valence electrons. The van der Waals surface area contributed by atoms with E-state index in [-0.39, 0.29) is 16.8 Å². The molecule has 0 aromatic heterocycles. The molecule has 0 heterocycles. The molecule has 0 aromatic rings. The lowest BCUT2D eigenvalue weighted by Crippen LogP contribution is -2.60. The lowest BCUT2D eigenvalue weighted by atomic mass is 9.69. The smallest absolute Gasteiger partial charge is 0.310 e. The third-order valence-electron chi connectivity index (χ3n) is 3.46. The molecule has 2 unspecified atom stereocenters. The highest BCUT2D eigenvalue weighted by Gasteiger charge is 2.59. The molecule has 0 saturated carbocycles. The topological polar surface area (TPSA) is 133 Å².